The van der Waals surface area contributed by atoms with Crippen molar-refractivity contribution < 1.29 is 107 Å². The number of imide groups is 1. The summed E-state index contributed by atoms with van der Waals surface area (Å²) in [5.74, 6) is -10.0. The maximum absolute atomic E-state index is 15.1. The lowest BCUT2D eigenvalue weighted by Crippen LogP contribution is -2.61. The van der Waals surface area contributed by atoms with E-state index in [1.807, 2.05) is 39.0 Å². The summed E-state index contributed by atoms with van der Waals surface area (Å²) in [6, 6.07) is 13.1. The summed E-state index contributed by atoms with van der Waals surface area (Å²) in [5, 5.41) is 78.9. The zero-order valence-electron chi connectivity index (χ0n) is 64.6. The largest absolute Gasteiger partial charge is 0.479 e. The third-order valence-electron chi connectivity index (χ3n) is 20.7. The monoisotopic (exact) mass is 1550 g/mol. The van der Waals surface area contributed by atoms with E-state index in [1.165, 1.54) is 62.3 Å². The van der Waals surface area contributed by atoms with Gasteiger partial charge in [-0.1, -0.05) is 116 Å². The maximum atomic E-state index is 15.1. The van der Waals surface area contributed by atoms with Crippen LogP contribution in [-0.4, -0.2) is 252 Å². The molecule has 7 rings (SSSR count). The fourth-order valence-electron chi connectivity index (χ4n) is 14.2. The Morgan fingerprint density at radius 2 is 1.47 bits per heavy atom. The van der Waals surface area contributed by atoms with Crippen molar-refractivity contribution in [2.75, 3.05) is 53.4 Å². The molecule has 0 aliphatic carbocycles. The molecule has 8 unspecified atom stereocenters. The van der Waals surface area contributed by atoms with Gasteiger partial charge in [-0.3, -0.25) is 62.8 Å². The number of benzene rings is 3. The van der Waals surface area contributed by atoms with Gasteiger partial charge >= 0.3 is 17.7 Å². The number of aromatic nitrogens is 3. The lowest BCUT2D eigenvalue weighted by molar-refractivity contribution is -0.387. The van der Waals surface area contributed by atoms with Crippen LogP contribution in [0, 0.1) is 39.7 Å². The summed E-state index contributed by atoms with van der Waals surface area (Å²) < 4.78 is 30.3. The number of hydrogen-bond acceptors (Lipinski definition) is 24. The van der Waals surface area contributed by atoms with E-state index < -0.39 is 192 Å². The lowest BCUT2D eigenvalue weighted by atomic mass is 9.85. The summed E-state index contributed by atoms with van der Waals surface area (Å²) in [6.07, 6.45) is -11.3. The molecular weight excluding hydrogens is 1450 g/mol. The van der Waals surface area contributed by atoms with Gasteiger partial charge in [0.25, 0.3) is 11.8 Å². The number of carboxylic acid groups (broad SMARTS) is 1. The molecule has 0 spiro atoms. The van der Waals surface area contributed by atoms with Gasteiger partial charge in [0.2, 0.25) is 41.7 Å². The van der Waals surface area contributed by atoms with Crippen molar-refractivity contribution in [3.63, 3.8) is 0 Å². The number of primary amides is 1. The number of likely N-dealkylation sites (N-methyl/N-ethyl adjacent to an activating group) is 3. The number of carbonyl (C=O) groups is 11. The van der Waals surface area contributed by atoms with Crippen LogP contribution in [-0.2, 0) is 86.3 Å². The Labute approximate surface area is 642 Å². The third kappa shape index (κ3) is 22.1. The van der Waals surface area contributed by atoms with Gasteiger partial charge in [0.05, 0.1) is 66.1 Å². The van der Waals surface area contributed by atoms with Crippen molar-refractivity contribution in [2.45, 2.75) is 199 Å². The number of nitrogens with zero attached hydrogens (tertiary/aromatic N) is 9. The average Bonchev–Trinajstić information content (AvgIpc) is 0.850. The first-order chi connectivity index (χ1) is 52.4. The zero-order valence-corrected chi connectivity index (χ0v) is 64.6. The van der Waals surface area contributed by atoms with Crippen LogP contribution < -0.4 is 26.0 Å². The molecule has 0 saturated carbocycles. The molecule has 4 aromatic rings. The molecule has 1 aromatic heterocycles. The third-order valence-corrected chi connectivity index (χ3v) is 20.7. The van der Waals surface area contributed by atoms with Crippen LogP contribution in [0.1, 0.15) is 129 Å². The molecule has 9 amide bonds. The first-order valence-corrected chi connectivity index (χ1v) is 36.8. The number of nitrogens with one attached hydrogen (secondary N) is 2. The van der Waals surface area contributed by atoms with Crippen molar-refractivity contribution >= 4 is 76.5 Å². The van der Waals surface area contributed by atoms with Gasteiger partial charge in [-0.2, -0.15) is 0 Å². The van der Waals surface area contributed by atoms with Gasteiger partial charge in [-0.25, -0.2) is 14.5 Å². The number of aliphatic hydroxyl groups excluding tert-OH is 4. The van der Waals surface area contributed by atoms with Gasteiger partial charge in [0.1, 0.15) is 48.3 Å². The number of ether oxygens (including phenoxy) is 5. The summed E-state index contributed by atoms with van der Waals surface area (Å²) in [6.45, 7) is 13.8. The molecule has 0 bridgehead atoms. The standard InChI is InChI=1S/C76H104N12O23/c1-14-42(6)64(56(107-12)37-61(94)86-31-18-21-51(86)69(108-13)44(8)53(89)33-43(7)65(95)46-19-16-15-17-20-46)83(10)73(101)62(40(2)3)79-72(100)63(41(4)5)84(11)76(104)110-55(47-24-27-54(52(35-47)88(105)106)109-75-68(98)66(96)67(97)70(111-75)74(102)103)36-48-38-85(81-80-48)32-30-50(71(77)99)78-57(90)39-82(9)60(93)34-45-22-25-49(26-23-45)87-58(91)28-29-59(87)92/h15-17,19-20,22-29,35,38,40-44,50-51,55-56,62-70,75,95-98H,14,18,21,30-34,36-37,39H2,1-13H3,(H2,77,99)(H,78,90)(H,79,100)(H,102,103)/t42-,43-,44-,50?,51?,55?,56+,62-,63-,64-,65+,66?,67?,68?,69+,70?,75?/m1/s1. The van der Waals surface area contributed by atoms with E-state index in [2.05, 4.69) is 20.9 Å². The number of ketones is 1. The predicted octanol–water partition coefficient (Wildman–Crippen LogP) is 2.71. The Kier molecular flexibility index (Phi) is 31.4. The van der Waals surface area contributed by atoms with E-state index in [-0.39, 0.29) is 61.1 Å². The van der Waals surface area contributed by atoms with Crippen molar-refractivity contribution in [3.8, 4) is 5.75 Å². The molecule has 0 radical (unpaired) electrons. The topological polar surface area (TPSA) is 475 Å². The Bertz CT molecular complexity index is 3970. The van der Waals surface area contributed by atoms with Crippen LogP contribution in [0.25, 0.3) is 0 Å². The number of rotatable bonds is 39. The van der Waals surface area contributed by atoms with Gasteiger partial charge in [-0.15, -0.1) is 5.10 Å². The van der Waals surface area contributed by atoms with E-state index >= 15 is 4.79 Å². The van der Waals surface area contributed by atoms with E-state index in [0.29, 0.717) is 42.6 Å². The van der Waals surface area contributed by atoms with Crippen LogP contribution in [0.2, 0.25) is 0 Å². The minimum Gasteiger partial charge on any atom is -0.479 e. The van der Waals surface area contributed by atoms with Crippen LogP contribution >= 0.6 is 0 Å². The maximum Gasteiger partial charge on any atom is 0.410 e. The minimum absolute atomic E-state index is 0.0614. The zero-order chi connectivity index (χ0) is 82.2. The molecule has 2 fully saturated rings. The Balaban J connectivity index is 1.07. The van der Waals surface area contributed by atoms with Gasteiger partial charge in [-0.05, 0) is 77.8 Å². The van der Waals surface area contributed by atoms with Gasteiger partial charge in [0.15, 0.2) is 11.9 Å². The Morgan fingerprint density at radius 3 is 2.05 bits per heavy atom. The molecule has 606 valence electrons. The number of carboxylic acids is 1. The van der Waals surface area contributed by atoms with E-state index in [0.717, 1.165) is 39.0 Å². The van der Waals surface area contributed by atoms with Crippen LogP contribution in [0.4, 0.5) is 16.2 Å². The number of hydrogen-bond donors (Lipinski definition) is 8. The quantitative estimate of drug-likeness (QED) is 0.0181. The Hall–Kier alpha value is -10.2. The summed E-state index contributed by atoms with van der Waals surface area (Å²) in [5.41, 5.74) is 6.29. The average molecular weight is 1550 g/mol. The van der Waals surface area contributed by atoms with Crippen molar-refractivity contribution in [2.24, 2.45) is 35.3 Å². The SMILES string of the molecule is CC[C@@H](C)[C@H]([C@H](CC(=O)N1CCCC1[C@@H](OC)[C@H](C)C(=O)C[C@@H](C)[C@H](O)c1ccccc1)OC)N(C)C(=O)[C@H](NC(=O)[C@@H](C(C)C)N(C)C(=O)OC(Cc1cn(CCC(NC(=O)CN(C)C(=O)Cc2ccc(N3C(=O)C=CC3=O)cc2)C(N)=O)nn1)c1ccc(OC2OC(C(=O)O)C(O)C(O)C2O)c([N+](=O)[O-])c1)C(C)C. The Morgan fingerprint density at radius 1 is 0.811 bits per heavy atom. The first-order valence-electron chi connectivity index (χ1n) is 36.8. The van der Waals surface area contributed by atoms with E-state index in [9.17, 15) is 83.6 Å². The predicted molar refractivity (Wildman–Crippen MR) is 396 cm³/mol. The summed E-state index contributed by atoms with van der Waals surface area (Å²) in [4.78, 5) is 167. The second-order valence-corrected chi connectivity index (χ2v) is 29.3. The highest BCUT2D eigenvalue weighted by Crippen LogP contribution is 2.37. The molecule has 2 saturated heterocycles. The fourth-order valence-corrected chi connectivity index (χ4v) is 14.2. The van der Waals surface area contributed by atoms with Crippen LogP contribution in [0.15, 0.2) is 91.1 Å². The van der Waals surface area contributed by atoms with E-state index in [4.69, 9.17) is 29.4 Å². The summed E-state index contributed by atoms with van der Waals surface area (Å²) in [7, 11) is 7.13. The van der Waals surface area contributed by atoms with Gasteiger partial charge < -0.3 is 80.3 Å². The number of anilines is 1. The fraction of sp³-hybridized carbons (Fsp3) is 0.566. The number of methoxy groups -OCH3 is 2. The smallest absolute Gasteiger partial charge is 0.410 e. The number of nitro benzene ring substituents is 1. The number of aliphatic carboxylic acids is 1. The number of amides is 9. The summed E-state index contributed by atoms with van der Waals surface area (Å²) >= 11 is 0. The number of aliphatic hydroxyl groups is 4. The molecule has 35 heteroatoms. The van der Waals surface area contributed by atoms with Gasteiger partial charge in [0, 0.05) is 91.6 Å². The second kappa shape index (κ2) is 39.6. The number of nitro groups is 1. The molecule has 3 aromatic carbocycles. The first kappa shape index (κ1) is 88.0. The molecule has 9 N–H and O–H groups in total. The molecule has 111 heavy (non-hydrogen) atoms. The van der Waals surface area contributed by atoms with E-state index in [1.54, 1.807) is 70.8 Å². The molecule has 3 aliphatic heterocycles. The van der Waals surface area contributed by atoms with Crippen LogP contribution in [0.5, 0.6) is 5.75 Å². The highest BCUT2D eigenvalue weighted by Gasteiger charge is 2.50. The highest BCUT2D eigenvalue weighted by atomic mass is 16.7. The molecule has 35 nitrogen and oxygen atoms in total. The molecular formula is C76H104N12O23. The number of Topliss-reactive ketones (excluding diaryl/α,β-unsaturated/α-hetero) is 1. The minimum atomic E-state index is -2.14. The van der Waals surface area contributed by atoms with Crippen molar-refractivity contribution in [1.82, 2.24) is 45.2 Å². The number of carbonyl (C=O) groups excluding carboxylic acids is 10. The van der Waals surface area contributed by atoms with Crippen LogP contribution in [0.3, 0.4) is 0 Å². The lowest BCUT2D eigenvalue weighted by Gasteiger charge is -2.41. The molecule has 17 atom stereocenters. The van der Waals surface area contributed by atoms with Crippen molar-refractivity contribution in [3.05, 3.63) is 124 Å². The number of nitrogens with two attached hydrogens (primary N) is 1. The number of likely N-dealkylation sites (tertiary alicyclic amines) is 1. The number of aryl methyl sites for hydroxylation is 1. The highest BCUT2D eigenvalue weighted by molar-refractivity contribution is 6.28. The second-order valence-electron chi connectivity index (χ2n) is 29.3. The molecule has 3 aliphatic rings. The normalized spacial score (nSPS) is 20.7. The van der Waals surface area contributed by atoms with Crippen molar-refractivity contribution in [1.29, 1.82) is 0 Å². The molecule has 4 heterocycles.